The van der Waals surface area contributed by atoms with Crippen molar-refractivity contribution in [1.82, 2.24) is 9.97 Å². The molecule has 0 fully saturated rings. The third-order valence-corrected chi connectivity index (χ3v) is 2.16. The number of halogens is 1. The lowest BCUT2D eigenvalue weighted by Gasteiger charge is -2.05. The number of nitrogens with zero attached hydrogens (tertiary/aromatic N) is 2. The Bertz CT molecular complexity index is 519. The molecule has 1 heterocycles. The van der Waals surface area contributed by atoms with Gasteiger partial charge in [0.05, 0.1) is 5.69 Å². The van der Waals surface area contributed by atoms with Gasteiger partial charge in [0.1, 0.15) is 11.6 Å². The number of benzene rings is 1. The summed E-state index contributed by atoms with van der Waals surface area (Å²) >= 11 is 0. The van der Waals surface area contributed by atoms with Crippen LogP contribution in [0.1, 0.15) is 5.56 Å². The molecule has 4 N–H and O–H groups in total. The molecule has 82 valence electrons. The van der Waals surface area contributed by atoms with Gasteiger partial charge in [0.25, 0.3) is 0 Å². The van der Waals surface area contributed by atoms with E-state index in [0.717, 1.165) is 5.56 Å². The van der Waals surface area contributed by atoms with Crippen LogP contribution >= 0.6 is 0 Å². The highest BCUT2D eigenvalue weighted by atomic mass is 19.1. The number of aryl methyl sites for hydroxylation is 1. The fourth-order valence-electron chi connectivity index (χ4n) is 1.46. The standard InChI is InChI=1S/C11H11FN4/c1-6-2-3-8(12)7(4-6)9-5-10(13)16-11(14)15-9/h2-5H,1H3,(H4,13,14,15,16). The van der Waals surface area contributed by atoms with E-state index in [1.54, 1.807) is 12.1 Å². The molecule has 0 atom stereocenters. The lowest BCUT2D eigenvalue weighted by Crippen LogP contribution is -2.01. The van der Waals surface area contributed by atoms with Crippen molar-refractivity contribution < 1.29 is 4.39 Å². The maximum Gasteiger partial charge on any atom is 0.222 e. The lowest BCUT2D eigenvalue weighted by atomic mass is 10.1. The average molecular weight is 218 g/mol. The maximum absolute atomic E-state index is 13.6. The summed E-state index contributed by atoms with van der Waals surface area (Å²) in [6.45, 7) is 1.87. The van der Waals surface area contributed by atoms with Crippen LogP contribution in [0.5, 0.6) is 0 Å². The first-order valence-corrected chi connectivity index (χ1v) is 4.73. The van der Waals surface area contributed by atoms with Crippen LogP contribution < -0.4 is 11.5 Å². The van der Waals surface area contributed by atoms with Crippen LogP contribution in [0.3, 0.4) is 0 Å². The average Bonchev–Trinajstić information content (AvgIpc) is 2.20. The van der Waals surface area contributed by atoms with Gasteiger partial charge in [0, 0.05) is 11.6 Å². The molecule has 0 amide bonds. The van der Waals surface area contributed by atoms with Gasteiger partial charge in [-0.15, -0.1) is 0 Å². The van der Waals surface area contributed by atoms with Gasteiger partial charge >= 0.3 is 0 Å². The first-order valence-electron chi connectivity index (χ1n) is 4.73. The summed E-state index contributed by atoms with van der Waals surface area (Å²) in [5.41, 5.74) is 12.7. The topological polar surface area (TPSA) is 77.8 Å². The highest BCUT2D eigenvalue weighted by Gasteiger charge is 2.08. The molecule has 4 nitrogen and oxygen atoms in total. The first-order chi connectivity index (χ1) is 7.56. The van der Waals surface area contributed by atoms with E-state index in [9.17, 15) is 4.39 Å². The highest BCUT2D eigenvalue weighted by Crippen LogP contribution is 2.23. The Kier molecular flexibility index (Phi) is 2.44. The number of nitrogens with two attached hydrogens (primary N) is 2. The number of aromatic nitrogens is 2. The van der Waals surface area contributed by atoms with E-state index >= 15 is 0 Å². The Labute approximate surface area is 92.1 Å². The molecule has 1 aromatic heterocycles. The predicted octanol–water partition coefficient (Wildman–Crippen LogP) is 1.76. The van der Waals surface area contributed by atoms with Crippen molar-refractivity contribution in [3.8, 4) is 11.3 Å². The molecule has 0 saturated carbocycles. The zero-order valence-corrected chi connectivity index (χ0v) is 8.74. The van der Waals surface area contributed by atoms with E-state index in [4.69, 9.17) is 11.5 Å². The Morgan fingerprint density at radius 2 is 1.88 bits per heavy atom. The molecule has 0 aliphatic carbocycles. The zero-order valence-electron chi connectivity index (χ0n) is 8.74. The van der Waals surface area contributed by atoms with Crippen LogP contribution in [-0.4, -0.2) is 9.97 Å². The van der Waals surface area contributed by atoms with Gasteiger partial charge in [-0.1, -0.05) is 11.6 Å². The number of anilines is 2. The molecule has 5 heteroatoms. The van der Waals surface area contributed by atoms with Crippen molar-refractivity contribution in [2.24, 2.45) is 0 Å². The fraction of sp³-hybridized carbons (Fsp3) is 0.0909. The van der Waals surface area contributed by atoms with Crippen molar-refractivity contribution in [3.05, 3.63) is 35.6 Å². The SMILES string of the molecule is Cc1ccc(F)c(-c2cc(N)nc(N)n2)c1. The first kappa shape index (κ1) is 10.4. The van der Waals surface area contributed by atoms with Crippen molar-refractivity contribution in [2.75, 3.05) is 11.5 Å². The van der Waals surface area contributed by atoms with E-state index in [2.05, 4.69) is 9.97 Å². The smallest absolute Gasteiger partial charge is 0.222 e. The molecule has 0 aliphatic heterocycles. The predicted molar refractivity (Wildman–Crippen MR) is 61.0 cm³/mol. The molecular weight excluding hydrogens is 207 g/mol. The largest absolute Gasteiger partial charge is 0.384 e. The van der Waals surface area contributed by atoms with Gasteiger partial charge in [-0.05, 0) is 19.1 Å². The summed E-state index contributed by atoms with van der Waals surface area (Å²) in [5, 5.41) is 0. The number of hydrogen-bond donors (Lipinski definition) is 2. The molecule has 0 saturated heterocycles. The van der Waals surface area contributed by atoms with Gasteiger partial charge in [-0.25, -0.2) is 9.37 Å². The van der Waals surface area contributed by atoms with Crippen LogP contribution in [-0.2, 0) is 0 Å². The summed E-state index contributed by atoms with van der Waals surface area (Å²) in [4.78, 5) is 7.69. The summed E-state index contributed by atoms with van der Waals surface area (Å²) in [6, 6.07) is 6.26. The molecule has 0 unspecified atom stereocenters. The van der Waals surface area contributed by atoms with Crippen LogP contribution in [0.25, 0.3) is 11.3 Å². The van der Waals surface area contributed by atoms with E-state index < -0.39 is 0 Å². The molecule has 2 aromatic rings. The second-order valence-electron chi connectivity index (χ2n) is 3.52. The van der Waals surface area contributed by atoms with Gasteiger partial charge in [0.2, 0.25) is 5.95 Å². The van der Waals surface area contributed by atoms with Crippen molar-refractivity contribution in [3.63, 3.8) is 0 Å². The minimum atomic E-state index is -0.358. The molecule has 16 heavy (non-hydrogen) atoms. The summed E-state index contributed by atoms with van der Waals surface area (Å²) in [5.74, 6) is -0.0950. The third-order valence-electron chi connectivity index (χ3n) is 2.16. The maximum atomic E-state index is 13.6. The molecule has 1 aromatic carbocycles. The monoisotopic (exact) mass is 218 g/mol. The van der Waals surface area contributed by atoms with E-state index in [0.29, 0.717) is 11.3 Å². The van der Waals surface area contributed by atoms with Crippen LogP contribution in [0.15, 0.2) is 24.3 Å². The lowest BCUT2D eigenvalue weighted by molar-refractivity contribution is 0.630. The Hall–Kier alpha value is -2.17. The summed E-state index contributed by atoms with van der Waals surface area (Å²) in [6.07, 6.45) is 0. The molecule has 2 rings (SSSR count). The number of nitrogen functional groups attached to an aromatic ring is 2. The van der Waals surface area contributed by atoms with Gasteiger partial charge in [-0.2, -0.15) is 4.98 Å². The molecule has 0 spiro atoms. The Balaban J connectivity index is 2.62. The second-order valence-corrected chi connectivity index (χ2v) is 3.52. The number of rotatable bonds is 1. The summed E-state index contributed by atoms with van der Waals surface area (Å²) in [7, 11) is 0. The van der Waals surface area contributed by atoms with Crippen molar-refractivity contribution >= 4 is 11.8 Å². The molecule has 0 bridgehead atoms. The minimum Gasteiger partial charge on any atom is -0.384 e. The Morgan fingerprint density at radius 3 is 2.56 bits per heavy atom. The van der Waals surface area contributed by atoms with Gasteiger partial charge < -0.3 is 11.5 Å². The van der Waals surface area contributed by atoms with Gasteiger partial charge in [-0.3, -0.25) is 0 Å². The number of hydrogen-bond acceptors (Lipinski definition) is 4. The van der Waals surface area contributed by atoms with Crippen LogP contribution in [0, 0.1) is 12.7 Å². The van der Waals surface area contributed by atoms with Crippen LogP contribution in [0.2, 0.25) is 0 Å². The van der Waals surface area contributed by atoms with Gasteiger partial charge in [0.15, 0.2) is 0 Å². The molecular formula is C11H11FN4. The Morgan fingerprint density at radius 1 is 1.12 bits per heavy atom. The van der Waals surface area contributed by atoms with Crippen molar-refractivity contribution in [1.29, 1.82) is 0 Å². The van der Waals surface area contributed by atoms with E-state index in [-0.39, 0.29) is 17.6 Å². The van der Waals surface area contributed by atoms with E-state index in [1.165, 1.54) is 12.1 Å². The highest BCUT2D eigenvalue weighted by molar-refractivity contribution is 5.64. The van der Waals surface area contributed by atoms with Crippen molar-refractivity contribution in [2.45, 2.75) is 6.92 Å². The van der Waals surface area contributed by atoms with E-state index in [1.807, 2.05) is 6.92 Å². The third kappa shape index (κ3) is 1.93. The van der Waals surface area contributed by atoms with Crippen LogP contribution in [0.4, 0.5) is 16.2 Å². The molecule has 0 aliphatic rings. The quantitative estimate of drug-likeness (QED) is 0.764. The zero-order chi connectivity index (χ0) is 11.7. The molecule has 0 radical (unpaired) electrons. The second kappa shape index (κ2) is 3.77. The fourth-order valence-corrected chi connectivity index (χ4v) is 1.46. The normalized spacial score (nSPS) is 10.4. The summed E-state index contributed by atoms with van der Waals surface area (Å²) < 4.78 is 13.6. The minimum absolute atomic E-state index is 0.0379.